The molecule has 144 valence electrons. The third-order valence-corrected chi connectivity index (χ3v) is 4.55. The standard InChI is InChI=1S/C22H23FN4O/c1-27(13-9-17-6-10-24-11-7-17)20-14-19(15-25-16-20)22(28)26-12-8-18-4-2-3-5-21(18)23/h2-7,10-11,14-16H,8-9,12-13H2,1H3,(H,26,28). The molecule has 1 N–H and O–H groups in total. The van der Waals surface area contributed by atoms with E-state index in [0.29, 0.717) is 24.1 Å². The van der Waals surface area contributed by atoms with E-state index in [1.807, 2.05) is 25.2 Å². The average molecular weight is 378 g/mol. The summed E-state index contributed by atoms with van der Waals surface area (Å²) in [4.78, 5) is 22.7. The minimum atomic E-state index is -0.253. The van der Waals surface area contributed by atoms with Gasteiger partial charge in [-0.1, -0.05) is 18.2 Å². The first-order valence-corrected chi connectivity index (χ1v) is 9.20. The molecule has 0 bridgehead atoms. The number of halogens is 1. The van der Waals surface area contributed by atoms with Gasteiger partial charge in [-0.25, -0.2) is 4.39 Å². The van der Waals surface area contributed by atoms with Gasteiger partial charge in [-0.05, 0) is 48.2 Å². The molecule has 3 aromatic rings. The summed E-state index contributed by atoms with van der Waals surface area (Å²) < 4.78 is 13.6. The van der Waals surface area contributed by atoms with Crippen LogP contribution in [0.25, 0.3) is 0 Å². The summed E-state index contributed by atoms with van der Waals surface area (Å²) in [7, 11) is 1.97. The largest absolute Gasteiger partial charge is 0.373 e. The Morgan fingerprint density at radius 2 is 1.86 bits per heavy atom. The summed E-state index contributed by atoms with van der Waals surface area (Å²) in [6, 6.07) is 12.4. The molecule has 28 heavy (non-hydrogen) atoms. The Morgan fingerprint density at radius 3 is 2.64 bits per heavy atom. The van der Waals surface area contributed by atoms with Crippen molar-refractivity contribution in [3.8, 4) is 0 Å². The van der Waals surface area contributed by atoms with E-state index in [0.717, 1.165) is 18.7 Å². The van der Waals surface area contributed by atoms with Gasteiger partial charge in [0.15, 0.2) is 0 Å². The van der Waals surface area contributed by atoms with E-state index in [2.05, 4.69) is 20.2 Å². The van der Waals surface area contributed by atoms with Crippen LogP contribution in [0.2, 0.25) is 0 Å². The number of carbonyl (C=O) groups excluding carboxylic acids is 1. The summed E-state index contributed by atoms with van der Waals surface area (Å²) in [6.07, 6.45) is 8.16. The van der Waals surface area contributed by atoms with Crippen LogP contribution in [-0.2, 0) is 12.8 Å². The molecule has 0 aliphatic carbocycles. The lowest BCUT2D eigenvalue weighted by Crippen LogP contribution is -2.27. The number of pyridine rings is 2. The minimum Gasteiger partial charge on any atom is -0.373 e. The summed E-state index contributed by atoms with van der Waals surface area (Å²) in [5.74, 6) is -0.468. The van der Waals surface area contributed by atoms with Crippen LogP contribution in [0.5, 0.6) is 0 Å². The van der Waals surface area contributed by atoms with Gasteiger partial charge in [0.05, 0.1) is 17.4 Å². The third-order valence-electron chi connectivity index (χ3n) is 4.55. The molecule has 0 unspecified atom stereocenters. The Morgan fingerprint density at radius 1 is 1.07 bits per heavy atom. The summed E-state index contributed by atoms with van der Waals surface area (Å²) in [6.45, 7) is 1.16. The van der Waals surface area contributed by atoms with Crippen molar-refractivity contribution in [3.63, 3.8) is 0 Å². The zero-order valence-electron chi connectivity index (χ0n) is 15.8. The van der Waals surface area contributed by atoms with Gasteiger partial charge in [-0.3, -0.25) is 14.8 Å². The van der Waals surface area contributed by atoms with E-state index >= 15 is 0 Å². The van der Waals surface area contributed by atoms with Crippen molar-refractivity contribution in [2.24, 2.45) is 0 Å². The van der Waals surface area contributed by atoms with E-state index in [-0.39, 0.29) is 11.7 Å². The highest BCUT2D eigenvalue weighted by atomic mass is 19.1. The number of nitrogens with one attached hydrogen (secondary N) is 1. The van der Waals surface area contributed by atoms with E-state index in [1.54, 1.807) is 43.0 Å². The molecule has 0 saturated carbocycles. The number of nitrogens with zero attached hydrogens (tertiary/aromatic N) is 3. The van der Waals surface area contributed by atoms with Gasteiger partial charge in [0.25, 0.3) is 5.91 Å². The fourth-order valence-corrected chi connectivity index (χ4v) is 2.85. The Labute approximate surface area is 164 Å². The highest BCUT2D eigenvalue weighted by Crippen LogP contribution is 2.14. The van der Waals surface area contributed by atoms with Crippen LogP contribution in [-0.4, -0.2) is 36.0 Å². The third kappa shape index (κ3) is 5.36. The normalized spacial score (nSPS) is 10.5. The van der Waals surface area contributed by atoms with Crippen LogP contribution in [0, 0.1) is 5.82 Å². The van der Waals surface area contributed by atoms with Crippen LogP contribution in [0.4, 0.5) is 10.1 Å². The zero-order chi connectivity index (χ0) is 19.8. The van der Waals surface area contributed by atoms with Crippen molar-refractivity contribution >= 4 is 11.6 Å². The quantitative estimate of drug-likeness (QED) is 0.654. The molecule has 0 aliphatic rings. The Kier molecular flexibility index (Phi) is 6.68. The maximum atomic E-state index is 13.6. The number of likely N-dealkylation sites (N-methyl/N-ethyl adjacent to an activating group) is 1. The van der Waals surface area contributed by atoms with Crippen molar-refractivity contribution in [3.05, 3.63) is 89.8 Å². The molecule has 5 nitrogen and oxygen atoms in total. The van der Waals surface area contributed by atoms with Crippen molar-refractivity contribution in [1.82, 2.24) is 15.3 Å². The van der Waals surface area contributed by atoms with Gasteiger partial charge in [-0.15, -0.1) is 0 Å². The molecule has 0 atom stereocenters. The molecular weight excluding hydrogens is 355 g/mol. The van der Waals surface area contributed by atoms with Crippen LogP contribution in [0.3, 0.4) is 0 Å². The molecule has 2 aromatic heterocycles. The van der Waals surface area contributed by atoms with E-state index < -0.39 is 0 Å². The van der Waals surface area contributed by atoms with Crippen molar-refractivity contribution < 1.29 is 9.18 Å². The lowest BCUT2D eigenvalue weighted by Gasteiger charge is -2.19. The fourth-order valence-electron chi connectivity index (χ4n) is 2.85. The number of hydrogen-bond donors (Lipinski definition) is 1. The molecule has 6 heteroatoms. The zero-order valence-corrected chi connectivity index (χ0v) is 15.8. The first-order valence-electron chi connectivity index (χ1n) is 9.20. The van der Waals surface area contributed by atoms with Crippen LogP contribution in [0.15, 0.2) is 67.3 Å². The summed E-state index contributed by atoms with van der Waals surface area (Å²) in [5, 5.41) is 2.83. The molecule has 0 saturated heterocycles. The van der Waals surface area contributed by atoms with Gasteiger partial charge in [0, 0.05) is 38.7 Å². The van der Waals surface area contributed by atoms with Gasteiger partial charge in [-0.2, -0.15) is 0 Å². The fraction of sp³-hybridized carbons (Fsp3) is 0.227. The smallest absolute Gasteiger partial charge is 0.252 e. The highest BCUT2D eigenvalue weighted by molar-refractivity contribution is 5.94. The second-order valence-corrected chi connectivity index (χ2v) is 6.56. The second kappa shape index (κ2) is 9.60. The summed E-state index contributed by atoms with van der Waals surface area (Å²) >= 11 is 0. The summed E-state index contributed by atoms with van der Waals surface area (Å²) in [5.41, 5.74) is 3.15. The van der Waals surface area contributed by atoms with Gasteiger partial charge in [0.2, 0.25) is 0 Å². The lowest BCUT2D eigenvalue weighted by atomic mass is 10.1. The number of amides is 1. The van der Waals surface area contributed by atoms with E-state index in [9.17, 15) is 9.18 Å². The molecule has 1 aromatic carbocycles. The minimum absolute atomic E-state index is 0.215. The van der Waals surface area contributed by atoms with Gasteiger partial charge < -0.3 is 10.2 Å². The predicted octanol–water partition coefficient (Wildman–Crippen LogP) is 3.27. The van der Waals surface area contributed by atoms with Crippen LogP contribution >= 0.6 is 0 Å². The monoisotopic (exact) mass is 378 g/mol. The number of rotatable bonds is 8. The van der Waals surface area contributed by atoms with Crippen LogP contribution in [0.1, 0.15) is 21.5 Å². The second-order valence-electron chi connectivity index (χ2n) is 6.56. The lowest BCUT2D eigenvalue weighted by molar-refractivity contribution is 0.0953. The maximum absolute atomic E-state index is 13.6. The van der Waals surface area contributed by atoms with Crippen LogP contribution < -0.4 is 10.2 Å². The van der Waals surface area contributed by atoms with Gasteiger partial charge >= 0.3 is 0 Å². The number of benzene rings is 1. The molecule has 0 aliphatic heterocycles. The van der Waals surface area contributed by atoms with Gasteiger partial charge in [0.1, 0.15) is 5.82 Å². The molecule has 0 radical (unpaired) electrons. The highest BCUT2D eigenvalue weighted by Gasteiger charge is 2.10. The molecule has 0 fully saturated rings. The molecular formula is C22H23FN4O. The number of anilines is 1. The molecule has 1 amide bonds. The maximum Gasteiger partial charge on any atom is 0.252 e. The molecule has 3 rings (SSSR count). The Hall–Kier alpha value is -3.28. The van der Waals surface area contributed by atoms with E-state index in [4.69, 9.17) is 0 Å². The van der Waals surface area contributed by atoms with Crippen molar-refractivity contribution in [2.45, 2.75) is 12.8 Å². The molecule has 2 heterocycles. The topological polar surface area (TPSA) is 58.1 Å². The molecule has 0 spiro atoms. The van der Waals surface area contributed by atoms with Crippen molar-refractivity contribution in [2.75, 3.05) is 25.0 Å². The number of hydrogen-bond acceptors (Lipinski definition) is 4. The van der Waals surface area contributed by atoms with E-state index in [1.165, 1.54) is 11.6 Å². The first-order chi connectivity index (χ1) is 13.6. The SMILES string of the molecule is CN(CCc1ccncc1)c1cncc(C(=O)NCCc2ccccc2F)c1. The first kappa shape index (κ1) is 19.5. The Bertz CT molecular complexity index is 917. The Balaban J connectivity index is 1.54. The predicted molar refractivity (Wildman–Crippen MR) is 108 cm³/mol. The number of carbonyl (C=O) groups is 1. The average Bonchev–Trinajstić information content (AvgIpc) is 2.74. The number of aromatic nitrogens is 2. The van der Waals surface area contributed by atoms with Crippen molar-refractivity contribution in [1.29, 1.82) is 0 Å².